The summed E-state index contributed by atoms with van der Waals surface area (Å²) in [6.45, 7) is 4.22. The van der Waals surface area contributed by atoms with Gasteiger partial charge in [0.1, 0.15) is 11.6 Å². The number of nitrogens with zero attached hydrogens (tertiary/aromatic N) is 2. The summed E-state index contributed by atoms with van der Waals surface area (Å²) in [6.07, 6.45) is -3.14. The number of rotatable bonds is 3. The topological polar surface area (TPSA) is 49.0 Å². The summed E-state index contributed by atoms with van der Waals surface area (Å²) in [5.41, 5.74) is 1.63. The van der Waals surface area contributed by atoms with E-state index in [-0.39, 0.29) is 11.4 Å². The van der Waals surface area contributed by atoms with Gasteiger partial charge in [0.05, 0.1) is 22.1 Å². The van der Waals surface area contributed by atoms with Gasteiger partial charge >= 0.3 is 6.18 Å². The second kappa shape index (κ2) is 8.22. The van der Waals surface area contributed by atoms with Crippen LogP contribution in [0.2, 0.25) is 0 Å². The zero-order chi connectivity index (χ0) is 25.0. The molecule has 3 aromatic carbocycles. The smallest absolute Gasteiger partial charge is 0.340 e. The van der Waals surface area contributed by atoms with E-state index in [2.05, 4.69) is 9.97 Å². The van der Waals surface area contributed by atoms with E-state index in [1.807, 2.05) is 26.0 Å². The van der Waals surface area contributed by atoms with Gasteiger partial charge in [-0.1, -0.05) is 29.8 Å². The van der Waals surface area contributed by atoms with Crippen LogP contribution in [0.3, 0.4) is 0 Å². The van der Waals surface area contributed by atoms with Crippen LogP contribution in [-0.2, 0) is 11.7 Å². The molecule has 1 aliphatic rings. The van der Waals surface area contributed by atoms with Crippen molar-refractivity contribution in [3.8, 4) is 11.1 Å². The Balaban J connectivity index is 1.56. The molecule has 1 atom stereocenters. The first-order valence-corrected chi connectivity index (χ1v) is 11.3. The van der Waals surface area contributed by atoms with Crippen LogP contribution in [0.1, 0.15) is 47.1 Å². The van der Waals surface area contributed by atoms with Gasteiger partial charge in [-0.25, -0.2) is 9.37 Å². The summed E-state index contributed by atoms with van der Waals surface area (Å²) in [5, 5.41) is 0. The number of alkyl halides is 3. The predicted molar refractivity (Wildman–Crippen MR) is 125 cm³/mol. The number of H-pyrrole nitrogens is 1. The Bertz CT molecular complexity index is 1440. The molecule has 1 unspecified atom stereocenters. The molecule has 5 rings (SSSR count). The second-order valence-corrected chi connectivity index (χ2v) is 9.21. The molecular formula is C27H23F4N3O. The van der Waals surface area contributed by atoms with Crippen LogP contribution in [-0.4, -0.2) is 27.3 Å². The van der Waals surface area contributed by atoms with Crippen molar-refractivity contribution in [2.75, 3.05) is 6.54 Å². The van der Waals surface area contributed by atoms with Gasteiger partial charge in [0.25, 0.3) is 5.91 Å². The number of aromatic amines is 1. The molecule has 0 radical (unpaired) electrons. The number of nitrogens with one attached hydrogen (secondary N) is 1. The Morgan fingerprint density at radius 1 is 1.09 bits per heavy atom. The molecular weight excluding hydrogens is 458 g/mol. The molecule has 180 valence electrons. The molecule has 1 saturated heterocycles. The van der Waals surface area contributed by atoms with Crippen LogP contribution < -0.4 is 0 Å². The summed E-state index contributed by atoms with van der Waals surface area (Å²) in [6, 6.07) is 14.9. The van der Waals surface area contributed by atoms with Crippen molar-refractivity contribution in [1.29, 1.82) is 0 Å². The molecule has 4 nitrogen and oxygen atoms in total. The molecule has 4 aromatic rings. The fourth-order valence-corrected chi connectivity index (χ4v) is 4.86. The molecule has 1 fully saturated rings. The van der Waals surface area contributed by atoms with E-state index in [9.17, 15) is 22.4 Å². The number of hydrogen-bond donors (Lipinski definition) is 1. The third kappa shape index (κ3) is 4.07. The van der Waals surface area contributed by atoms with Gasteiger partial charge in [-0.3, -0.25) is 4.79 Å². The summed E-state index contributed by atoms with van der Waals surface area (Å²) in [4.78, 5) is 23.2. The minimum atomic E-state index is -4.46. The van der Waals surface area contributed by atoms with E-state index in [0.29, 0.717) is 47.4 Å². The van der Waals surface area contributed by atoms with Gasteiger partial charge in [0.15, 0.2) is 0 Å². The molecule has 0 saturated carbocycles. The number of carbonyl (C=O) groups excluding carboxylic acids is 1. The number of fused-ring (bicyclic) bond motifs is 1. The number of carbonyl (C=O) groups is 1. The van der Waals surface area contributed by atoms with E-state index in [1.54, 1.807) is 23.1 Å². The number of aromatic nitrogens is 2. The van der Waals surface area contributed by atoms with Gasteiger partial charge in [0, 0.05) is 12.1 Å². The molecule has 1 N–H and O–H groups in total. The Hall–Kier alpha value is -3.68. The highest BCUT2D eigenvalue weighted by Crippen LogP contribution is 2.40. The van der Waals surface area contributed by atoms with Crippen LogP contribution in [0, 0.1) is 12.7 Å². The van der Waals surface area contributed by atoms with Gasteiger partial charge < -0.3 is 9.88 Å². The number of likely N-dealkylation sites (tertiary alicyclic amines) is 1. The van der Waals surface area contributed by atoms with Crippen molar-refractivity contribution in [3.05, 3.63) is 89.0 Å². The predicted octanol–water partition coefficient (Wildman–Crippen LogP) is 6.85. The fourth-order valence-electron chi connectivity index (χ4n) is 4.86. The lowest BCUT2D eigenvalue weighted by molar-refractivity contribution is -0.137. The minimum absolute atomic E-state index is 0.232. The second-order valence-electron chi connectivity index (χ2n) is 9.21. The van der Waals surface area contributed by atoms with Crippen molar-refractivity contribution < 1.29 is 22.4 Å². The number of aryl methyl sites for hydroxylation is 1. The largest absolute Gasteiger partial charge is 0.416 e. The Labute approximate surface area is 199 Å². The normalized spacial score (nSPS) is 18.4. The summed E-state index contributed by atoms with van der Waals surface area (Å²) >= 11 is 0. The third-order valence-corrected chi connectivity index (χ3v) is 6.75. The van der Waals surface area contributed by atoms with Crippen molar-refractivity contribution in [1.82, 2.24) is 14.9 Å². The van der Waals surface area contributed by atoms with Crippen LogP contribution >= 0.6 is 0 Å². The van der Waals surface area contributed by atoms with Gasteiger partial charge in [0.2, 0.25) is 0 Å². The van der Waals surface area contributed by atoms with E-state index >= 15 is 0 Å². The first-order chi connectivity index (χ1) is 16.6. The Morgan fingerprint density at radius 3 is 2.63 bits per heavy atom. The summed E-state index contributed by atoms with van der Waals surface area (Å²) in [7, 11) is 0. The maximum atomic E-state index is 13.9. The van der Waals surface area contributed by atoms with E-state index in [1.165, 1.54) is 18.2 Å². The van der Waals surface area contributed by atoms with E-state index in [0.717, 1.165) is 17.7 Å². The number of amides is 1. The third-order valence-electron chi connectivity index (χ3n) is 6.75. The first-order valence-electron chi connectivity index (χ1n) is 11.3. The molecule has 8 heteroatoms. The van der Waals surface area contributed by atoms with Gasteiger partial charge in [-0.2, -0.15) is 13.2 Å². The van der Waals surface area contributed by atoms with Crippen molar-refractivity contribution in [2.24, 2.45) is 0 Å². The molecule has 1 amide bonds. The van der Waals surface area contributed by atoms with Crippen LogP contribution in [0.25, 0.3) is 22.2 Å². The standard InChI is InChI=1S/C27H23F4N3O/c1-16-7-9-20(17-5-3-6-19(28)14-17)21(13-16)24(35)34-12-4-11-26(34,2)25-32-22-10-8-18(27(29,30)31)15-23(22)33-25/h3,5-10,13-15H,4,11-12H2,1-2H3,(H,32,33). The lowest BCUT2D eigenvalue weighted by Crippen LogP contribution is -2.43. The number of halogens is 4. The highest BCUT2D eigenvalue weighted by atomic mass is 19.4. The molecule has 0 bridgehead atoms. The van der Waals surface area contributed by atoms with Gasteiger partial charge in [-0.15, -0.1) is 0 Å². The lowest BCUT2D eigenvalue weighted by atomic mass is 9.94. The molecule has 1 aliphatic heterocycles. The summed E-state index contributed by atoms with van der Waals surface area (Å²) in [5.74, 6) is -0.185. The van der Waals surface area contributed by atoms with Gasteiger partial charge in [-0.05, 0) is 74.2 Å². The van der Waals surface area contributed by atoms with Crippen molar-refractivity contribution in [2.45, 2.75) is 38.4 Å². The van der Waals surface area contributed by atoms with E-state index < -0.39 is 23.1 Å². The Kier molecular flexibility index (Phi) is 5.42. The average Bonchev–Trinajstić information content (AvgIpc) is 3.42. The highest BCUT2D eigenvalue weighted by molar-refractivity contribution is 6.01. The minimum Gasteiger partial charge on any atom is -0.340 e. The van der Waals surface area contributed by atoms with Crippen molar-refractivity contribution in [3.63, 3.8) is 0 Å². The maximum Gasteiger partial charge on any atom is 0.416 e. The lowest BCUT2D eigenvalue weighted by Gasteiger charge is -2.34. The number of benzene rings is 3. The molecule has 1 aromatic heterocycles. The Morgan fingerprint density at radius 2 is 1.89 bits per heavy atom. The maximum absolute atomic E-state index is 13.9. The first kappa shape index (κ1) is 23.1. The fraction of sp³-hybridized carbons (Fsp3) is 0.259. The van der Waals surface area contributed by atoms with Crippen LogP contribution in [0.15, 0.2) is 60.7 Å². The van der Waals surface area contributed by atoms with Crippen LogP contribution in [0.5, 0.6) is 0 Å². The zero-order valence-corrected chi connectivity index (χ0v) is 19.2. The zero-order valence-electron chi connectivity index (χ0n) is 19.2. The number of hydrogen-bond acceptors (Lipinski definition) is 2. The molecule has 2 heterocycles. The molecule has 0 aliphatic carbocycles. The van der Waals surface area contributed by atoms with E-state index in [4.69, 9.17) is 0 Å². The number of imidazole rings is 1. The monoisotopic (exact) mass is 481 g/mol. The molecule has 35 heavy (non-hydrogen) atoms. The van der Waals surface area contributed by atoms with Crippen LogP contribution in [0.4, 0.5) is 17.6 Å². The molecule has 0 spiro atoms. The summed E-state index contributed by atoms with van der Waals surface area (Å²) < 4.78 is 53.5. The quantitative estimate of drug-likeness (QED) is 0.326. The average molecular weight is 481 g/mol. The van der Waals surface area contributed by atoms with Crippen molar-refractivity contribution >= 4 is 16.9 Å². The highest BCUT2D eigenvalue weighted by Gasteiger charge is 2.44. The SMILES string of the molecule is Cc1ccc(-c2cccc(F)c2)c(C(=O)N2CCCC2(C)c2nc3ccc(C(F)(F)F)cc3[nH]2)c1.